The molecule has 2 aromatic carbocycles. The van der Waals surface area contributed by atoms with Gasteiger partial charge in [0.1, 0.15) is 30.6 Å². The molecule has 2 fully saturated rings. The van der Waals surface area contributed by atoms with Gasteiger partial charge in [0.25, 0.3) is 5.91 Å². The van der Waals surface area contributed by atoms with Crippen molar-refractivity contribution in [2.24, 2.45) is 5.92 Å². The van der Waals surface area contributed by atoms with Crippen molar-refractivity contribution >= 4 is 17.5 Å². The SMILES string of the molecule is COc1ccc(C(=O)C2C(=O)C(=O)N(CCC[NH+]3CCOCC3)C2c2ccc(F)cc2)cc1C. The number of ether oxygens (including phenoxy) is 2. The number of carbonyl (C=O) groups is 3. The Kier molecular flexibility index (Phi) is 7.38. The molecule has 2 saturated heterocycles. The van der Waals surface area contributed by atoms with E-state index in [-0.39, 0.29) is 0 Å². The fourth-order valence-electron chi connectivity index (χ4n) is 4.88. The minimum atomic E-state index is -1.18. The van der Waals surface area contributed by atoms with Crippen molar-refractivity contribution in [2.45, 2.75) is 19.4 Å². The highest BCUT2D eigenvalue weighted by Gasteiger charge is 2.51. The molecule has 8 heteroatoms. The number of ketones is 2. The Morgan fingerprint density at radius 1 is 1.15 bits per heavy atom. The molecule has 1 N–H and O–H groups in total. The number of aryl methyl sites for hydroxylation is 1. The van der Waals surface area contributed by atoms with Crippen LogP contribution in [0, 0.1) is 18.7 Å². The monoisotopic (exact) mass is 469 g/mol. The maximum atomic E-state index is 13.6. The lowest BCUT2D eigenvalue weighted by Crippen LogP contribution is -3.14. The number of nitrogens with one attached hydrogen (secondary N) is 1. The molecule has 7 nitrogen and oxygen atoms in total. The average Bonchev–Trinajstić information content (AvgIpc) is 3.09. The molecule has 0 aliphatic carbocycles. The first kappa shape index (κ1) is 24.0. The summed E-state index contributed by atoms with van der Waals surface area (Å²) < 4.78 is 24.3. The van der Waals surface area contributed by atoms with Crippen LogP contribution in [0.1, 0.15) is 33.9 Å². The average molecular weight is 470 g/mol. The Morgan fingerprint density at radius 2 is 1.85 bits per heavy atom. The molecule has 4 rings (SSSR count). The molecule has 2 aromatic rings. The van der Waals surface area contributed by atoms with Gasteiger partial charge >= 0.3 is 0 Å². The van der Waals surface area contributed by atoms with Gasteiger partial charge in [-0.25, -0.2) is 4.39 Å². The number of likely N-dealkylation sites (tertiary alicyclic amines) is 1. The van der Waals surface area contributed by atoms with E-state index in [1.807, 2.05) is 6.92 Å². The predicted octanol–water partition coefficient (Wildman–Crippen LogP) is 1.40. The van der Waals surface area contributed by atoms with Crippen LogP contribution in [0.4, 0.5) is 4.39 Å². The zero-order valence-electron chi connectivity index (χ0n) is 19.5. The quantitative estimate of drug-likeness (QED) is 0.359. The van der Waals surface area contributed by atoms with Gasteiger partial charge in [0, 0.05) is 18.5 Å². The molecular formula is C26H30FN2O5+. The molecule has 34 heavy (non-hydrogen) atoms. The smallest absolute Gasteiger partial charge is 0.291 e. The third-order valence-electron chi connectivity index (χ3n) is 6.71. The zero-order chi connectivity index (χ0) is 24.2. The van der Waals surface area contributed by atoms with Crippen molar-refractivity contribution in [1.29, 1.82) is 0 Å². The number of hydrogen-bond donors (Lipinski definition) is 1. The second-order valence-electron chi connectivity index (χ2n) is 8.85. The number of quaternary nitrogens is 1. The number of hydrogen-bond acceptors (Lipinski definition) is 5. The molecule has 1 amide bonds. The first-order valence-corrected chi connectivity index (χ1v) is 11.6. The Balaban J connectivity index is 1.61. The van der Waals surface area contributed by atoms with Crippen LogP contribution >= 0.6 is 0 Å². The fraction of sp³-hybridized carbons (Fsp3) is 0.423. The standard InChI is InChI=1S/C26H29FN2O5/c1-17-16-19(6-9-21(17)33-2)24(30)22-23(18-4-7-20(27)8-5-18)29(26(32)25(22)31)11-3-10-28-12-14-34-15-13-28/h4-9,16,22-23H,3,10-15H2,1-2H3/p+1. The Hall–Kier alpha value is -3.10. The second kappa shape index (κ2) is 10.4. The molecule has 2 unspecified atom stereocenters. The van der Waals surface area contributed by atoms with Crippen LogP contribution < -0.4 is 9.64 Å². The number of morpholine rings is 1. The molecule has 0 bridgehead atoms. The molecule has 0 spiro atoms. The number of carbonyl (C=O) groups excluding carboxylic acids is 3. The van der Waals surface area contributed by atoms with E-state index in [0.717, 1.165) is 25.2 Å². The van der Waals surface area contributed by atoms with Crippen molar-refractivity contribution in [1.82, 2.24) is 4.90 Å². The second-order valence-corrected chi connectivity index (χ2v) is 8.85. The van der Waals surface area contributed by atoms with Crippen molar-refractivity contribution < 1.29 is 33.1 Å². The molecule has 2 heterocycles. The number of halogens is 1. The van der Waals surface area contributed by atoms with Crippen LogP contribution in [0.3, 0.4) is 0 Å². The van der Waals surface area contributed by atoms with Crippen molar-refractivity contribution in [3.05, 3.63) is 65.0 Å². The van der Waals surface area contributed by atoms with Crippen LogP contribution in [-0.4, -0.2) is 68.9 Å². The number of methoxy groups -OCH3 is 1. The van der Waals surface area contributed by atoms with Crippen LogP contribution in [0.5, 0.6) is 5.75 Å². The van der Waals surface area contributed by atoms with Gasteiger partial charge in [-0.2, -0.15) is 0 Å². The minimum Gasteiger partial charge on any atom is -0.496 e. The van der Waals surface area contributed by atoms with E-state index in [4.69, 9.17) is 9.47 Å². The van der Waals surface area contributed by atoms with E-state index in [1.165, 1.54) is 21.9 Å². The summed E-state index contributed by atoms with van der Waals surface area (Å²) in [5, 5.41) is 0. The highest BCUT2D eigenvalue weighted by Crippen LogP contribution is 2.38. The molecule has 2 atom stereocenters. The lowest BCUT2D eigenvalue weighted by atomic mass is 9.86. The van der Waals surface area contributed by atoms with Crippen LogP contribution in [0.15, 0.2) is 42.5 Å². The normalized spacial score (nSPS) is 21.2. The van der Waals surface area contributed by atoms with Gasteiger partial charge < -0.3 is 19.3 Å². The molecule has 0 aromatic heterocycles. The van der Waals surface area contributed by atoms with Gasteiger partial charge in [-0.1, -0.05) is 12.1 Å². The zero-order valence-corrected chi connectivity index (χ0v) is 19.5. The molecule has 2 aliphatic heterocycles. The molecular weight excluding hydrogens is 439 g/mol. The van der Waals surface area contributed by atoms with Crippen molar-refractivity contribution in [3.63, 3.8) is 0 Å². The molecule has 2 aliphatic rings. The number of benzene rings is 2. The third kappa shape index (κ3) is 4.88. The summed E-state index contributed by atoms with van der Waals surface area (Å²) in [6, 6.07) is 9.87. The summed E-state index contributed by atoms with van der Waals surface area (Å²) in [6.07, 6.45) is 0.689. The minimum absolute atomic E-state index is 0.344. The Morgan fingerprint density at radius 3 is 2.50 bits per heavy atom. The summed E-state index contributed by atoms with van der Waals surface area (Å²) in [5.74, 6) is -2.76. The van der Waals surface area contributed by atoms with Gasteiger partial charge in [-0.05, 0) is 48.4 Å². The van der Waals surface area contributed by atoms with E-state index in [1.54, 1.807) is 37.4 Å². The highest BCUT2D eigenvalue weighted by molar-refractivity contribution is 6.44. The van der Waals surface area contributed by atoms with Gasteiger partial charge in [0.05, 0.1) is 32.9 Å². The first-order valence-electron chi connectivity index (χ1n) is 11.6. The largest absolute Gasteiger partial charge is 0.496 e. The van der Waals surface area contributed by atoms with Gasteiger partial charge in [-0.15, -0.1) is 0 Å². The number of Topliss-reactive ketones (excluding diaryl/α,β-unsaturated/α-hetero) is 2. The lowest BCUT2D eigenvalue weighted by Gasteiger charge is -2.29. The number of amides is 1. The predicted molar refractivity (Wildman–Crippen MR) is 122 cm³/mol. The number of nitrogens with zero attached hydrogens (tertiary/aromatic N) is 1. The Labute approximate surface area is 198 Å². The van der Waals surface area contributed by atoms with Gasteiger partial charge in [0.15, 0.2) is 5.78 Å². The molecule has 180 valence electrons. The van der Waals surface area contributed by atoms with Crippen LogP contribution in [0.25, 0.3) is 0 Å². The van der Waals surface area contributed by atoms with E-state index >= 15 is 0 Å². The fourth-order valence-corrected chi connectivity index (χ4v) is 4.88. The maximum Gasteiger partial charge on any atom is 0.291 e. The number of rotatable bonds is 8. The molecule has 0 saturated carbocycles. The molecule has 0 radical (unpaired) electrons. The van der Waals surface area contributed by atoms with E-state index in [9.17, 15) is 18.8 Å². The van der Waals surface area contributed by atoms with Gasteiger partial charge in [0.2, 0.25) is 5.78 Å². The summed E-state index contributed by atoms with van der Waals surface area (Å²) in [6.45, 7) is 6.25. The maximum absolute atomic E-state index is 13.6. The summed E-state index contributed by atoms with van der Waals surface area (Å²) >= 11 is 0. The highest BCUT2D eigenvalue weighted by atomic mass is 19.1. The third-order valence-corrected chi connectivity index (χ3v) is 6.71. The summed E-state index contributed by atoms with van der Waals surface area (Å²) in [7, 11) is 1.55. The summed E-state index contributed by atoms with van der Waals surface area (Å²) in [4.78, 5) is 42.6. The van der Waals surface area contributed by atoms with Gasteiger partial charge in [-0.3, -0.25) is 14.4 Å². The topological polar surface area (TPSA) is 77.4 Å². The first-order chi connectivity index (χ1) is 16.4. The van der Waals surface area contributed by atoms with E-state index in [0.29, 0.717) is 43.1 Å². The van der Waals surface area contributed by atoms with E-state index < -0.39 is 35.3 Å². The van der Waals surface area contributed by atoms with Crippen LogP contribution in [0.2, 0.25) is 0 Å². The van der Waals surface area contributed by atoms with Crippen molar-refractivity contribution in [3.8, 4) is 5.75 Å². The summed E-state index contributed by atoms with van der Waals surface area (Å²) in [5.41, 5.74) is 1.67. The van der Waals surface area contributed by atoms with E-state index in [2.05, 4.69) is 0 Å². The lowest BCUT2D eigenvalue weighted by molar-refractivity contribution is -0.908. The Bertz CT molecular complexity index is 1070. The van der Waals surface area contributed by atoms with Crippen molar-refractivity contribution in [2.75, 3.05) is 46.5 Å². The van der Waals surface area contributed by atoms with Crippen LogP contribution in [-0.2, 0) is 14.3 Å².